The van der Waals surface area contributed by atoms with Crippen LogP contribution in [0.15, 0.2) is 24.3 Å². The van der Waals surface area contributed by atoms with Crippen LogP contribution in [0.3, 0.4) is 0 Å². The first-order valence-corrected chi connectivity index (χ1v) is 11.5. The second-order valence-electron chi connectivity index (χ2n) is 8.65. The number of ether oxygens (including phenoxy) is 2. The number of urea groups is 1. The molecule has 172 valence electrons. The third kappa shape index (κ3) is 4.42. The zero-order chi connectivity index (χ0) is 22.7. The van der Waals surface area contributed by atoms with Crippen LogP contribution in [0.25, 0.3) is 11.4 Å². The molecule has 1 saturated heterocycles. The molecule has 3 heterocycles. The van der Waals surface area contributed by atoms with Crippen molar-refractivity contribution in [3.8, 4) is 11.4 Å². The molecule has 4 rings (SSSR count). The Hall–Kier alpha value is -2.71. The maximum Gasteiger partial charge on any atom is 0.319 e. The highest BCUT2D eigenvalue weighted by Crippen LogP contribution is 2.43. The second kappa shape index (κ2) is 9.42. The van der Waals surface area contributed by atoms with E-state index in [1.807, 2.05) is 31.2 Å². The van der Waals surface area contributed by atoms with Gasteiger partial charge in [-0.3, -0.25) is 0 Å². The average molecular weight is 440 g/mol. The number of aromatic nitrogens is 2. The van der Waals surface area contributed by atoms with Crippen molar-refractivity contribution in [1.82, 2.24) is 15.3 Å². The van der Waals surface area contributed by atoms with E-state index in [1.165, 1.54) is 0 Å². The summed E-state index contributed by atoms with van der Waals surface area (Å²) in [5.74, 6) is 1.62. The highest BCUT2D eigenvalue weighted by atomic mass is 16.5. The number of benzene rings is 1. The van der Waals surface area contributed by atoms with Crippen molar-refractivity contribution < 1.29 is 14.3 Å². The smallest absolute Gasteiger partial charge is 0.319 e. The summed E-state index contributed by atoms with van der Waals surface area (Å²) in [5.41, 5.74) is 3.30. The van der Waals surface area contributed by atoms with E-state index in [1.54, 1.807) is 0 Å². The molecule has 0 unspecified atom stereocenters. The molecule has 2 aromatic rings. The van der Waals surface area contributed by atoms with E-state index in [0.717, 1.165) is 47.7 Å². The fraction of sp³-hybridized carbons (Fsp3) is 0.542. The van der Waals surface area contributed by atoms with E-state index < -0.39 is 5.60 Å². The van der Waals surface area contributed by atoms with Gasteiger partial charge in [-0.15, -0.1) is 0 Å². The summed E-state index contributed by atoms with van der Waals surface area (Å²) >= 11 is 0. The number of hydrogen-bond acceptors (Lipinski definition) is 6. The van der Waals surface area contributed by atoms with Crippen LogP contribution in [0.5, 0.6) is 0 Å². The molecule has 1 aromatic heterocycles. The van der Waals surface area contributed by atoms with Gasteiger partial charge in [0.2, 0.25) is 0 Å². The summed E-state index contributed by atoms with van der Waals surface area (Å²) in [4.78, 5) is 24.1. The number of rotatable bonds is 6. The Morgan fingerprint density at radius 2 is 2.03 bits per heavy atom. The van der Waals surface area contributed by atoms with Crippen LogP contribution in [0, 0.1) is 0 Å². The summed E-state index contributed by atoms with van der Waals surface area (Å²) in [7, 11) is 0. The van der Waals surface area contributed by atoms with Gasteiger partial charge in [-0.2, -0.15) is 0 Å². The van der Waals surface area contributed by atoms with Crippen molar-refractivity contribution in [3.05, 3.63) is 35.5 Å². The Labute approximate surface area is 189 Å². The highest BCUT2D eigenvalue weighted by molar-refractivity contribution is 5.89. The lowest BCUT2D eigenvalue weighted by atomic mass is 9.94. The second-order valence-corrected chi connectivity index (χ2v) is 8.65. The summed E-state index contributed by atoms with van der Waals surface area (Å²) in [5, 5.41) is 5.56. The van der Waals surface area contributed by atoms with E-state index in [4.69, 9.17) is 19.4 Å². The molecule has 1 aromatic carbocycles. The predicted molar refractivity (Wildman–Crippen MR) is 125 cm³/mol. The molecule has 0 aliphatic carbocycles. The zero-order valence-electron chi connectivity index (χ0n) is 19.4. The fourth-order valence-electron chi connectivity index (χ4n) is 4.46. The minimum Gasteiger partial charge on any atom is -0.377 e. The van der Waals surface area contributed by atoms with Crippen LogP contribution in [-0.4, -0.2) is 48.3 Å². The van der Waals surface area contributed by atoms with Crippen LogP contribution in [0.2, 0.25) is 0 Å². The Kier molecular flexibility index (Phi) is 6.62. The number of morpholine rings is 1. The Balaban J connectivity index is 1.72. The van der Waals surface area contributed by atoms with Gasteiger partial charge in [0.25, 0.3) is 0 Å². The molecule has 32 heavy (non-hydrogen) atoms. The van der Waals surface area contributed by atoms with Crippen molar-refractivity contribution in [2.45, 2.75) is 58.8 Å². The minimum atomic E-state index is -0.411. The topological polar surface area (TPSA) is 88.6 Å². The normalized spacial score (nSPS) is 22.5. The molecule has 0 radical (unpaired) electrons. The minimum absolute atomic E-state index is 0.217. The Morgan fingerprint density at radius 3 is 2.72 bits per heavy atom. The van der Waals surface area contributed by atoms with E-state index in [9.17, 15) is 4.79 Å². The zero-order valence-corrected chi connectivity index (χ0v) is 19.4. The van der Waals surface area contributed by atoms with Gasteiger partial charge in [-0.25, -0.2) is 14.8 Å². The van der Waals surface area contributed by atoms with Crippen LogP contribution in [0.1, 0.15) is 51.8 Å². The fourth-order valence-corrected chi connectivity index (χ4v) is 4.46. The number of amides is 2. The molecular formula is C24H33N5O3. The number of carbonyl (C=O) groups is 1. The van der Waals surface area contributed by atoms with Crippen molar-refractivity contribution in [2.24, 2.45) is 0 Å². The first kappa shape index (κ1) is 22.5. The molecule has 8 nitrogen and oxygen atoms in total. The van der Waals surface area contributed by atoms with E-state index in [-0.39, 0.29) is 12.1 Å². The summed E-state index contributed by atoms with van der Waals surface area (Å²) in [6.45, 7) is 11.6. The predicted octanol–water partition coefficient (Wildman–Crippen LogP) is 4.06. The first-order valence-electron chi connectivity index (χ1n) is 11.5. The van der Waals surface area contributed by atoms with Crippen molar-refractivity contribution in [1.29, 1.82) is 0 Å². The van der Waals surface area contributed by atoms with Crippen molar-refractivity contribution in [2.75, 3.05) is 36.5 Å². The molecule has 0 saturated carbocycles. The summed E-state index contributed by atoms with van der Waals surface area (Å²) in [6.07, 6.45) is 1.92. The quantitative estimate of drug-likeness (QED) is 0.706. The van der Waals surface area contributed by atoms with Gasteiger partial charge in [-0.05, 0) is 51.5 Å². The number of hydrogen-bond donors (Lipinski definition) is 2. The van der Waals surface area contributed by atoms with Gasteiger partial charge < -0.3 is 25.0 Å². The molecule has 2 aliphatic rings. The van der Waals surface area contributed by atoms with Gasteiger partial charge >= 0.3 is 6.03 Å². The van der Waals surface area contributed by atoms with Crippen molar-refractivity contribution in [3.63, 3.8) is 0 Å². The van der Waals surface area contributed by atoms with Crippen LogP contribution in [0.4, 0.5) is 16.3 Å². The Morgan fingerprint density at radius 1 is 1.25 bits per heavy atom. The number of carbonyl (C=O) groups excluding carboxylic acids is 1. The molecular weight excluding hydrogens is 406 g/mol. The number of fused-ring (bicyclic) bond motifs is 1. The van der Waals surface area contributed by atoms with E-state index in [0.29, 0.717) is 32.2 Å². The lowest BCUT2D eigenvalue weighted by molar-refractivity contribution is -0.0321. The lowest BCUT2D eigenvalue weighted by Gasteiger charge is -2.35. The largest absolute Gasteiger partial charge is 0.377 e. The maximum atomic E-state index is 11.8. The van der Waals surface area contributed by atoms with Gasteiger partial charge in [0.1, 0.15) is 11.4 Å². The molecule has 2 N–H and O–H groups in total. The summed E-state index contributed by atoms with van der Waals surface area (Å²) < 4.78 is 11.9. The summed E-state index contributed by atoms with van der Waals surface area (Å²) in [6, 6.07) is 7.66. The standard InChI is InChI=1S/C24H33N5O3/c1-5-11-24(4)20-19(15-32-24)22(29-12-13-31-14-16(29)3)28-21(27-20)17-7-9-18(10-8-17)26-23(30)25-6-2/h7-10,16H,5-6,11-15H2,1-4H3,(H2,25,26,30)/t16-,24+/m0/s1. The highest BCUT2D eigenvalue weighted by Gasteiger charge is 2.40. The SMILES string of the molecule is CCC[C@@]1(C)OCc2c(N3CCOC[C@@H]3C)nc(-c3ccc(NC(=O)NCC)cc3)nc21. The third-order valence-corrected chi connectivity index (χ3v) is 6.13. The van der Waals surface area contributed by atoms with Crippen LogP contribution < -0.4 is 15.5 Å². The van der Waals surface area contributed by atoms with Crippen LogP contribution >= 0.6 is 0 Å². The maximum absolute atomic E-state index is 11.8. The van der Waals surface area contributed by atoms with Gasteiger partial charge in [0.05, 0.1) is 31.6 Å². The van der Waals surface area contributed by atoms with Gasteiger partial charge in [-0.1, -0.05) is 13.3 Å². The van der Waals surface area contributed by atoms with Crippen LogP contribution in [-0.2, 0) is 21.7 Å². The molecule has 2 amide bonds. The molecule has 8 heteroatoms. The number of anilines is 2. The molecule has 2 atom stereocenters. The van der Waals surface area contributed by atoms with Crippen molar-refractivity contribution >= 4 is 17.5 Å². The molecule has 1 fully saturated rings. The van der Waals surface area contributed by atoms with Gasteiger partial charge in [0.15, 0.2) is 5.82 Å². The van der Waals surface area contributed by atoms with E-state index >= 15 is 0 Å². The van der Waals surface area contributed by atoms with E-state index in [2.05, 4.69) is 36.3 Å². The monoisotopic (exact) mass is 439 g/mol. The Bertz CT molecular complexity index is 965. The number of nitrogens with zero attached hydrogens (tertiary/aromatic N) is 3. The third-order valence-electron chi connectivity index (χ3n) is 6.13. The average Bonchev–Trinajstić information content (AvgIpc) is 3.11. The lowest BCUT2D eigenvalue weighted by Crippen LogP contribution is -2.44. The molecule has 0 bridgehead atoms. The molecule has 0 spiro atoms. The molecule has 2 aliphatic heterocycles. The van der Waals surface area contributed by atoms with Gasteiger partial charge in [0, 0.05) is 29.9 Å². The number of nitrogens with one attached hydrogen (secondary N) is 2. The first-order chi connectivity index (χ1) is 15.4.